The average Bonchev–Trinajstić information content (AvgIpc) is 3.13. The van der Waals surface area contributed by atoms with E-state index < -0.39 is 0 Å². The third-order valence-corrected chi connectivity index (χ3v) is 5.44. The molecule has 4 rings (SSSR count). The van der Waals surface area contributed by atoms with Gasteiger partial charge >= 0.3 is 0 Å². The highest BCUT2D eigenvalue weighted by Gasteiger charge is 2.43. The van der Waals surface area contributed by atoms with Crippen LogP contribution in [0.1, 0.15) is 31.0 Å². The molecule has 0 spiro atoms. The molecule has 21 heavy (non-hydrogen) atoms. The molecule has 3 atom stereocenters. The van der Waals surface area contributed by atoms with E-state index in [0.29, 0.717) is 17.8 Å². The lowest BCUT2D eigenvalue weighted by Gasteiger charge is -2.19. The second-order valence-electron chi connectivity index (χ2n) is 5.71. The predicted molar refractivity (Wildman–Crippen MR) is 89.9 cm³/mol. The van der Waals surface area contributed by atoms with Crippen molar-refractivity contribution in [3.8, 4) is 11.3 Å². The summed E-state index contributed by atoms with van der Waals surface area (Å²) < 4.78 is 6.86. The summed E-state index contributed by atoms with van der Waals surface area (Å²) in [4.78, 5) is 9.36. The zero-order valence-corrected chi connectivity index (χ0v) is 13.7. The van der Waals surface area contributed by atoms with Crippen LogP contribution in [-0.2, 0) is 4.74 Å². The summed E-state index contributed by atoms with van der Waals surface area (Å²) >= 11 is 2.23. The van der Waals surface area contributed by atoms with Gasteiger partial charge in [-0.3, -0.25) is 0 Å². The molecular formula is C16H16IN3O. The molecule has 0 aliphatic carbocycles. The van der Waals surface area contributed by atoms with E-state index in [1.165, 1.54) is 6.42 Å². The van der Waals surface area contributed by atoms with Crippen molar-refractivity contribution >= 4 is 28.4 Å². The van der Waals surface area contributed by atoms with Gasteiger partial charge in [0.05, 0.1) is 21.5 Å². The number of nitrogen functional groups attached to an aromatic ring is 1. The number of benzene rings is 1. The maximum absolute atomic E-state index is 6.13. The highest BCUT2D eigenvalue weighted by Crippen LogP contribution is 2.44. The number of hydrogen-bond acceptors (Lipinski definition) is 4. The fraction of sp³-hybridized carbons (Fsp3) is 0.375. The van der Waals surface area contributed by atoms with E-state index in [4.69, 9.17) is 15.5 Å². The molecule has 2 fully saturated rings. The fourth-order valence-electron chi connectivity index (χ4n) is 3.35. The smallest absolute Gasteiger partial charge is 0.141 e. The molecule has 5 heteroatoms. The largest absolute Gasteiger partial charge is 0.383 e. The number of aromatic nitrogens is 2. The van der Waals surface area contributed by atoms with Gasteiger partial charge in [0, 0.05) is 11.5 Å². The molecule has 2 bridgehead atoms. The van der Waals surface area contributed by atoms with Crippen molar-refractivity contribution in [3.63, 3.8) is 0 Å². The fourth-order valence-corrected chi connectivity index (χ4v) is 3.90. The zero-order valence-electron chi connectivity index (χ0n) is 11.5. The Labute approximate surface area is 137 Å². The Hall–Kier alpha value is -1.21. The maximum Gasteiger partial charge on any atom is 0.141 e. The summed E-state index contributed by atoms with van der Waals surface area (Å²) in [6, 6.07) is 10.2. The SMILES string of the molecule is Nc1nc(C2CC3CCC2O3)nc(-c2ccccc2)c1I. The summed E-state index contributed by atoms with van der Waals surface area (Å²) in [5.41, 5.74) is 8.14. The third-order valence-electron chi connectivity index (χ3n) is 4.38. The van der Waals surface area contributed by atoms with Gasteiger partial charge < -0.3 is 10.5 Å². The summed E-state index contributed by atoms with van der Waals surface area (Å²) in [6.07, 6.45) is 3.99. The quantitative estimate of drug-likeness (QED) is 0.795. The molecule has 108 valence electrons. The van der Waals surface area contributed by atoms with Crippen molar-refractivity contribution in [3.05, 3.63) is 39.7 Å². The Kier molecular flexibility index (Phi) is 3.34. The molecule has 2 aliphatic rings. The number of halogens is 1. The van der Waals surface area contributed by atoms with Gasteiger partial charge in [-0.05, 0) is 41.9 Å². The number of fused-ring (bicyclic) bond motifs is 2. The van der Waals surface area contributed by atoms with E-state index in [0.717, 1.165) is 33.5 Å². The first-order valence-electron chi connectivity index (χ1n) is 7.26. The molecule has 2 aromatic rings. The van der Waals surface area contributed by atoms with E-state index in [1.807, 2.05) is 18.2 Å². The summed E-state index contributed by atoms with van der Waals surface area (Å²) in [5.74, 6) is 1.71. The van der Waals surface area contributed by atoms with Gasteiger partial charge in [-0.15, -0.1) is 0 Å². The minimum absolute atomic E-state index is 0.276. The van der Waals surface area contributed by atoms with Gasteiger partial charge in [-0.1, -0.05) is 30.3 Å². The van der Waals surface area contributed by atoms with Gasteiger partial charge in [0.25, 0.3) is 0 Å². The molecule has 3 heterocycles. The van der Waals surface area contributed by atoms with E-state index in [2.05, 4.69) is 39.7 Å². The summed E-state index contributed by atoms with van der Waals surface area (Å²) in [5, 5.41) is 0. The van der Waals surface area contributed by atoms with Crippen LogP contribution in [0.3, 0.4) is 0 Å². The van der Waals surface area contributed by atoms with Crippen molar-refractivity contribution in [1.82, 2.24) is 9.97 Å². The van der Waals surface area contributed by atoms with E-state index >= 15 is 0 Å². The van der Waals surface area contributed by atoms with Crippen LogP contribution in [0.25, 0.3) is 11.3 Å². The van der Waals surface area contributed by atoms with Crippen LogP contribution in [0.15, 0.2) is 30.3 Å². The van der Waals surface area contributed by atoms with Gasteiger partial charge in [-0.25, -0.2) is 9.97 Å². The van der Waals surface area contributed by atoms with Crippen LogP contribution in [0.2, 0.25) is 0 Å². The molecule has 1 aromatic carbocycles. The Balaban J connectivity index is 1.78. The van der Waals surface area contributed by atoms with Gasteiger partial charge in [0.15, 0.2) is 0 Å². The highest BCUT2D eigenvalue weighted by molar-refractivity contribution is 14.1. The zero-order chi connectivity index (χ0) is 14.4. The number of nitrogens with two attached hydrogens (primary N) is 1. The number of nitrogens with zero attached hydrogens (tertiary/aromatic N) is 2. The Morgan fingerprint density at radius 1 is 1.14 bits per heavy atom. The number of ether oxygens (including phenoxy) is 1. The summed E-state index contributed by atoms with van der Waals surface area (Å²) in [6.45, 7) is 0. The molecule has 2 N–H and O–H groups in total. The van der Waals surface area contributed by atoms with E-state index in [-0.39, 0.29) is 6.10 Å². The molecule has 0 amide bonds. The molecule has 4 nitrogen and oxygen atoms in total. The van der Waals surface area contributed by atoms with Crippen molar-refractivity contribution in [2.45, 2.75) is 37.4 Å². The number of anilines is 1. The Morgan fingerprint density at radius 3 is 2.62 bits per heavy atom. The normalized spacial score (nSPS) is 27.2. The van der Waals surface area contributed by atoms with Gasteiger partial charge in [0.2, 0.25) is 0 Å². The van der Waals surface area contributed by atoms with Crippen LogP contribution < -0.4 is 5.73 Å². The van der Waals surface area contributed by atoms with Crippen LogP contribution in [0.5, 0.6) is 0 Å². The molecule has 0 saturated carbocycles. The van der Waals surface area contributed by atoms with Crippen LogP contribution in [-0.4, -0.2) is 22.2 Å². The van der Waals surface area contributed by atoms with Crippen molar-refractivity contribution < 1.29 is 4.74 Å². The second-order valence-corrected chi connectivity index (χ2v) is 6.79. The molecule has 0 radical (unpaired) electrons. The highest BCUT2D eigenvalue weighted by atomic mass is 127. The Bertz CT molecular complexity index is 677. The van der Waals surface area contributed by atoms with Crippen molar-refractivity contribution in [1.29, 1.82) is 0 Å². The molecule has 1 aromatic heterocycles. The second kappa shape index (κ2) is 5.21. The van der Waals surface area contributed by atoms with Crippen molar-refractivity contribution in [2.24, 2.45) is 0 Å². The predicted octanol–water partition coefficient (Wildman–Crippen LogP) is 3.37. The maximum atomic E-state index is 6.13. The lowest BCUT2D eigenvalue weighted by Crippen LogP contribution is -2.18. The third kappa shape index (κ3) is 2.32. The minimum atomic E-state index is 0.276. The first-order valence-corrected chi connectivity index (χ1v) is 8.34. The van der Waals surface area contributed by atoms with E-state index in [9.17, 15) is 0 Å². The standard InChI is InChI=1S/C16H16IN3O/c17-13-14(9-4-2-1-3-5-9)19-16(20-15(13)18)11-8-10-6-7-12(11)21-10/h1-5,10-12H,6-8H2,(H2,18,19,20). The molecule has 2 aliphatic heterocycles. The minimum Gasteiger partial charge on any atom is -0.383 e. The van der Waals surface area contributed by atoms with Gasteiger partial charge in [-0.2, -0.15) is 0 Å². The number of rotatable bonds is 2. The van der Waals surface area contributed by atoms with Crippen LogP contribution in [0, 0.1) is 3.57 Å². The van der Waals surface area contributed by atoms with Crippen LogP contribution in [0.4, 0.5) is 5.82 Å². The van der Waals surface area contributed by atoms with Gasteiger partial charge in [0.1, 0.15) is 11.6 Å². The Morgan fingerprint density at radius 2 is 1.95 bits per heavy atom. The monoisotopic (exact) mass is 393 g/mol. The number of hydrogen-bond donors (Lipinski definition) is 1. The molecule has 2 saturated heterocycles. The lowest BCUT2D eigenvalue weighted by atomic mass is 9.88. The molecule has 3 unspecified atom stereocenters. The summed E-state index contributed by atoms with van der Waals surface area (Å²) in [7, 11) is 0. The average molecular weight is 393 g/mol. The van der Waals surface area contributed by atoms with E-state index in [1.54, 1.807) is 0 Å². The molecular weight excluding hydrogens is 377 g/mol. The lowest BCUT2D eigenvalue weighted by molar-refractivity contribution is 0.0999. The van der Waals surface area contributed by atoms with Crippen molar-refractivity contribution in [2.75, 3.05) is 5.73 Å². The topological polar surface area (TPSA) is 61.0 Å². The first-order chi connectivity index (χ1) is 10.2. The first kappa shape index (κ1) is 13.5. The van der Waals surface area contributed by atoms with Crippen LogP contribution >= 0.6 is 22.6 Å².